The van der Waals surface area contributed by atoms with Crippen LogP contribution >= 0.6 is 0 Å². The molecule has 1 atom stereocenters. The summed E-state index contributed by atoms with van der Waals surface area (Å²) < 4.78 is 0. The third kappa shape index (κ3) is 9.72. The molecule has 0 amide bonds. The molecule has 84 valence electrons. The van der Waals surface area contributed by atoms with Crippen molar-refractivity contribution in [3.8, 4) is 0 Å². The highest BCUT2D eigenvalue weighted by molar-refractivity contribution is 5.75. The van der Waals surface area contributed by atoms with E-state index in [1.54, 1.807) is 6.92 Å². The Bertz CT molecular complexity index is 143. The quantitative estimate of drug-likeness (QED) is 0.581. The molecule has 1 unspecified atom stereocenters. The Labute approximate surface area is 87.7 Å². The Morgan fingerprint density at radius 3 is 2.36 bits per heavy atom. The number of aliphatic hydroxyl groups excluding tert-OH is 1. The Hall–Kier alpha value is -0.370. The first kappa shape index (κ1) is 13.6. The highest BCUT2D eigenvalue weighted by atomic mass is 16.3. The van der Waals surface area contributed by atoms with E-state index < -0.39 is 0 Å². The lowest BCUT2D eigenvalue weighted by atomic mass is 10.0. The van der Waals surface area contributed by atoms with Crippen molar-refractivity contribution in [2.45, 2.75) is 71.3 Å². The minimum atomic E-state index is -0.189. The molecule has 2 nitrogen and oxygen atoms in total. The van der Waals surface area contributed by atoms with Crippen LogP contribution in [-0.2, 0) is 4.79 Å². The summed E-state index contributed by atoms with van der Waals surface area (Å²) in [7, 11) is 0. The van der Waals surface area contributed by atoms with Gasteiger partial charge in [-0.2, -0.15) is 0 Å². The maximum Gasteiger partial charge on any atom is 0.129 e. The van der Waals surface area contributed by atoms with Crippen LogP contribution in [0, 0.1) is 0 Å². The second-order valence-electron chi connectivity index (χ2n) is 4.10. The van der Waals surface area contributed by atoms with Gasteiger partial charge in [-0.05, 0) is 26.2 Å². The standard InChI is InChI=1S/C12H24O2/c1-3-4-5-6-9-12(14)10-7-8-11(2)13/h12,14H,3-10H2,1-2H3. The van der Waals surface area contributed by atoms with Crippen LogP contribution in [0.25, 0.3) is 0 Å². The van der Waals surface area contributed by atoms with Crippen LogP contribution in [0.2, 0.25) is 0 Å². The van der Waals surface area contributed by atoms with E-state index in [-0.39, 0.29) is 11.9 Å². The summed E-state index contributed by atoms with van der Waals surface area (Å²) in [5, 5.41) is 9.55. The van der Waals surface area contributed by atoms with Gasteiger partial charge >= 0.3 is 0 Å². The van der Waals surface area contributed by atoms with Crippen LogP contribution in [0.5, 0.6) is 0 Å². The van der Waals surface area contributed by atoms with Gasteiger partial charge in [-0.3, -0.25) is 0 Å². The van der Waals surface area contributed by atoms with E-state index in [2.05, 4.69) is 6.92 Å². The molecule has 0 heterocycles. The average Bonchev–Trinajstić information content (AvgIpc) is 2.12. The fourth-order valence-electron chi connectivity index (χ4n) is 1.54. The highest BCUT2D eigenvalue weighted by Gasteiger charge is 2.04. The second-order valence-corrected chi connectivity index (χ2v) is 4.10. The van der Waals surface area contributed by atoms with E-state index in [0.29, 0.717) is 6.42 Å². The molecule has 0 aromatic heterocycles. The third-order valence-electron chi connectivity index (χ3n) is 2.46. The summed E-state index contributed by atoms with van der Waals surface area (Å²) in [4.78, 5) is 10.6. The summed E-state index contributed by atoms with van der Waals surface area (Å²) in [5.74, 6) is 0.225. The molecule has 2 heteroatoms. The lowest BCUT2D eigenvalue weighted by Gasteiger charge is -2.09. The Kier molecular flexibility index (Phi) is 8.95. The number of carbonyl (C=O) groups is 1. The number of rotatable bonds is 9. The predicted molar refractivity (Wildman–Crippen MR) is 59.3 cm³/mol. The van der Waals surface area contributed by atoms with Gasteiger partial charge in [0.05, 0.1) is 6.10 Å². The van der Waals surface area contributed by atoms with E-state index >= 15 is 0 Å². The van der Waals surface area contributed by atoms with Gasteiger partial charge in [0.2, 0.25) is 0 Å². The fourth-order valence-corrected chi connectivity index (χ4v) is 1.54. The van der Waals surface area contributed by atoms with Crippen molar-refractivity contribution in [2.24, 2.45) is 0 Å². The van der Waals surface area contributed by atoms with E-state index in [9.17, 15) is 9.90 Å². The molecule has 0 bridgehead atoms. The van der Waals surface area contributed by atoms with Crippen LogP contribution in [0.4, 0.5) is 0 Å². The summed E-state index contributed by atoms with van der Waals surface area (Å²) in [6, 6.07) is 0. The van der Waals surface area contributed by atoms with Crippen molar-refractivity contribution >= 4 is 5.78 Å². The number of unbranched alkanes of at least 4 members (excludes halogenated alkanes) is 3. The number of ketones is 1. The molecule has 0 aliphatic carbocycles. The molecule has 0 saturated carbocycles. The average molecular weight is 200 g/mol. The normalized spacial score (nSPS) is 12.8. The number of carbonyl (C=O) groups excluding carboxylic acids is 1. The summed E-state index contributed by atoms with van der Waals surface area (Å²) in [5.41, 5.74) is 0. The van der Waals surface area contributed by atoms with Crippen LogP contribution in [0.15, 0.2) is 0 Å². The van der Waals surface area contributed by atoms with Gasteiger partial charge in [-0.25, -0.2) is 0 Å². The molecule has 0 saturated heterocycles. The number of Topliss-reactive ketones (excluding diaryl/α,β-unsaturated/α-hetero) is 1. The first-order valence-electron chi connectivity index (χ1n) is 5.84. The maximum absolute atomic E-state index is 10.6. The molecule has 0 aliphatic rings. The van der Waals surface area contributed by atoms with E-state index in [0.717, 1.165) is 25.7 Å². The van der Waals surface area contributed by atoms with E-state index in [1.165, 1.54) is 19.3 Å². The monoisotopic (exact) mass is 200 g/mol. The van der Waals surface area contributed by atoms with Gasteiger partial charge in [0, 0.05) is 6.42 Å². The van der Waals surface area contributed by atoms with Gasteiger partial charge in [0.15, 0.2) is 0 Å². The molecule has 14 heavy (non-hydrogen) atoms. The lowest BCUT2D eigenvalue weighted by molar-refractivity contribution is -0.117. The molecule has 0 fully saturated rings. The van der Waals surface area contributed by atoms with Crippen molar-refractivity contribution in [1.82, 2.24) is 0 Å². The van der Waals surface area contributed by atoms with E-state index in [4.69, 9.17) is 0 Å². The molecule has 0 radical (unpaired) electrons. The minimum absolute atomic E-state index is 0.189. The number of aliphatic hydroxyl groups is 1. The first-order valence-corrected chi connectivity index (χ1v) is 5.84. The molecule has 0 aromatic carbocycles. The highest BCUT2D eigenvalue weighted by Crippen LogP contribution is 2.10. The molecule has 0 rings (SSSR count). The largest absolute Gasteiger partial charge is 0.393 e. The Balaban J connectivity index is 3.19. The van der Waals surface area contributed by atoms with Crippen LogP contribution in [0.3, 0.4) is 0 Å². The zero-order valence-electron chi connectivity index (χ0n) is 9.59. The van der Waals surface area contributed by atoms with Crippen molar-refractivity contribution in [3.05, 3.63) is 0 Å². The SMILES string of the molecule is CCCCCCC(O)CCCC(C)=O. The fraction of sp³-hybridized carbons (Fsp3) is 0.917. The summed E-state index contributed by atoms with van der Waals surface area (Å²) >= 11 is 0. The molecule has 0 aromatic rings. The number of hydrogen-bond acceptors (Lipinski definition) is 2. The zero-order valence-corrected chi connectivity index (χ0v) is 9.59. The van der Waals surface area contributed by atoms with Gasteiger partial charge < -0.3 is 9.90 Å². The smallest absolute Gasteiger partial charge is 0.129 e. The minimum Gasteiger partial charge on any atom is -0.393 e. The first-order chi connectivity index (χ1) is 6.66. The summed E-state index contributed by atoms with van der Waals surface area (Å²) in [6.45, 7) is 3.79. The van der Waals surface area contributed by atoms with Crippen LogP contribution in [0.1, 0.15) is 65.2 Å². The van der Waals surface area contributed by atoms with Crippen molar-refractivity contribution in [2.75, 3.05) is 0 Å². The van der Waals surface area contributed by atoms with Gasteiger partial charge in [0.25, 0.3) is 0 Å². The van der Waals surface area contributed by atoms with Gasteiger partial charge in [-0.1, -0.05) is 32.6 Å². The topological polar surface area (TPSA) is 37.3 Å². The predicted octanol–water partition coefficient (Wildman–Crippen LogP) is 3.08. The Morgan fingerprint density at radius 1 is 1.14 bits per heavy atom. The number of hydrogen-bond donors (Lipinski definition) is 1. The van der Waals surface area contributed by atoms with Gasteiger partial charge in [-0.15, -0.1) is 0 Å². The lowest BCUT2D eigenvalue weighted by Crippen LogP contribution is -2.06. The summed E-state index contributed by atoms with van der Waals surface area (Å²) in [6.07, 6.45) is 7.79. The maximum atomic E-state index is 10.6. The van der Waals surface area contributed by atoms with Crippen molar-refractivity contribution < 1.29 is 9.90 Å². The Morgan fingerprint density at radius 2 is 1.79 bits per heavy atom. The van der Waals surface area contributed by atoms with Crippen molar-refractivity contribution in [3.63, 3.8) is 0 Å². The van der Waals surface area contributed by atoms with Gasteiger partial charge in [0.1, 0.15) is 5.78 Å². The molecular formula is C12H24O2. The van der Waals surface area contributed by atoms with E-state index in [1.807, 2.05) is 0 Å². The van der Waals surface area contributed by atoms with Crippen molar-refractivity contribution in [1.29, 1.82) is 0 Å². The second kappa shape index (κ2) is 9.20. The third-order valence-corrected chi connectivity index (χ3v) is 2.46. The molecular weight excluding hydrogens is 176 g/mol. The van der Waals surface area contributed by atoms with Crippen LogP contribution < -0.4 is 0 Å². The molecule has 0 aliphatic heterocycles. The zero-order chi connectivity index (χ0) is 10.8. The van der Waals surface area contributed by atoms with Crippen LogP contribution in [-0.4, -0.2) is 17.0 Å². The molecule has 1 N–H and O–H groups in total. The molecule has 0 spiro atoms.